The Kier molecular flexibility index (Phi) is 4.38. The van der Waals surface area contributed by atoms with Crippen LogP contribution in [0.15, 0.2) is 0 Å². The van der Waals surface area contributed by atoms with Gasteiger partial charge in [-0.2, -0.15) is 9.64 Å². The molecule has 5 nitrogen and oxygen atoms in total. The molecule has 0 N–H and O–H groups in total. The van der Waals surface area contributed by atoms with Gasteiger partial charge in [-0.3, -0.25) is 4.90 Å². The van der Waals surface area contributed by atoms with Crippen molar-refractivity contribution in [3.63, 3.8) is 0 Å². The van der Waals surface area contributed by atoms with Crippen molar-refractivity contribution < 1.29 is 0 Å². The summed E-state index contributed by atoms with van der Waals surface area (Å²) in [4.78, 5) is 9.09. The van der Waals surface area contributed by atoms with Gasteiger partial charge in [0.15, 0.2) is 0 Å². The fourth-order valence-corrected chi connectivity index (χ4v) is 2.99. The summed E-state index contributed by atoms with van der Waals surface area (Å²) in [5.41, 5.74) is -0.374. The Hall–Kier alpha value is -1.19. The molecule has 1 fully saturated rings. The van der Waals surface area contributed by atoms with Crippen molar-refractivity contribution in [2.24, 2.45) is 0 Å². The van der Waals surface area contributed by atoms with Crippen LogP contribution in [0.2, 0.25) is 0 Å². The molecule has 1 aromatic heterocycles. The number of aryl methyl sites for hydroxylation is 1. The summed E-state index contributed by atoms with van der Waals surface area (Å²) in [5, 5.41) is 10.2. The van der Waals surface area contributed by atoms with Crippen LogP contribution in [0, 0.1) is 11.3 Å². The average molecular weight is 279 g/mol. The summed E-state index contributed by atoms with van der Waals surface area (Å²) in [6.07, 6.45) is 2.04. The molecule has 104 valence electrons. The molecule has 0 amide bonds. The van der Waals surface area contributed by atoms with E-state index >= 15 is 0 Å². The van der Waals surface area contributed by atoms with Gasteiger partial charge < -0.3 is 4.90 Å². The third kappa shape index (κ3) is 3.23. The first-order valence-electron chi connectivity index (χ1n) is 6.80. The highest BCUT2D eigenvalue weighted by atomic mass is 32.1. The fourth-order valence-electron chi connectivity index (χ4n) is 2.23. The largest absolute Gasteiger partial charge is 0.344 e. The van der Waals surface area contributed by atoms with Crippen LogP contribution in [0.25, 0.3) is 0 Å². The molecule has 2 heterocycles. The van der Waals surface area contributed by atoms with Gasteiger partial charge in [-0.15, -0.1) is 0 Å². The highest BCUT2D eigenvalue weighted by Crippen LogP contribution is 2.22. The molecule has 0 atom stereocenters. The predicted octanol–water partition coefficient (Wildman–Crippen LogP) is 1.91. The average Bonchev–Trinajstić information content (AvgIpc) is 2.88. The summed E-state index contributed by atoms with van der Waals surface area (Å²) >= 11 is 1.49. The first kappa shape index (κ1) is 14.2. The van der Waals surface area contributed by atoms with Crippen molar-refractivity contribution in [2.75, 3.05) is 31.1 Å². The molecule has 6 heteroatoms. The Morgan fingerprint density at radius 1 is 1.32 bits per heavy atom. The van der Waals surface area contributed by atoms with Crippen molar-refractivity contribution in [3.05, 3.63) is 5.82 Å². The van der Waals surface area contributed by atoms with E-state index in [9.17, 15) is 0 Å². The Morgan fingerprint density at radius 3 is 2.58 bits per heavy atom. The molecule has 19 heavy (non-hydrogen) atoms. The van der Waals surface area contributed by atoms with Crippen LogP contribution in [0.1, 0.15) is 33.0 Å². The number of hydrogen-bond acceptors (Lipinski definition) is 6. The van der Waals surface area contributed by atoms with Crippen LogP contribution >= 0.6 is 11.5 Å². The van der Waals surface area contributed by atoms with Gasteiger partial charge in [0.25, 0.3) is 0 Å². The Labute approximate surface area is 119 Å². The normalized spacial score (nSPS) is 17.5. The molecular weight excluding hydrogens is 258 g/mol. The first-order valence-corrected chi connectivity index (χ1v) is 7.58. The van der Waals surface area contributed by atoms with E-state index in [0.29, 0.717) is 0 Å². The topological polar surface area (TPSA) is 56.1 Å². The van der Waals surface area contributed by atoms with Crippen LogP contribution in [-0.2, 0) is 6.42 Å². The monoisotopic (exact) mass is 279 g/mol. The molecule has 0 bridgehead atoms. The molecule has 1 aliphatic heterocycles. The van der Waals surface area contributed by atoms with E-state index in [1.807, 2.05) is 13.8 Å². The van der Waals surface area contributed by atoms with Crippen molar-refractivity contribution in [1.29, 1.82) is 5.26 Å². The third-order valence-electron chi connectivity index (χ3n) is 3.55. The van der Waals surface area contributed by atoms with E-state index in [2.05, 4.69) is 32.2 Å². The number of rotatable bonds is 4. The summed E-state index contributed by atoms with van der Waals surface area (Å²) < 4.78 is 4.39. The second-order valence-corrected chi connectivity index (χ2v) is 6.12. The molecule has 0 unspecified atom stereocenters. The quantitative estimate of drug-likeness (QED) is 0.842. The van der Waals surface area contributed by atoms with Crippen LogP contribution in [0.4, 0.5) is 5.13 Å². The number of nitrogens with zero attached hydrogens (tertiary/aromatic N) is 5. The lowest BCUT2D eigenvalue weighted by atomic mass is 10.0. The lowest BCUT2D eigenvalue weighted by molar-refractivity contribution is 0.158. The van der Waals surface area contributed by atoms with Crippen LogP contribution in [0.5, 0.6) is 0 Å². The Morgan fingerprint density at radius 2 is 2.00 bits per heavy atom. The molecular formula is C13H21N5S. The lowest BCUT2D eigenvalue weighted by Crippen LogP contribution is -2.54. The predicted molar refractivity (Wildman–Crippen MR) is 77.4 cm³/mol. The number of piperazine rings is 1. The molecule has 2 rings (SSSR count). The van der Waals surface area contributed by atoms with Crippen molar-refractivity contribution >= 4 is 16.7 Å². The van der Waals surface area contributed by atoms with Gasteiger partial charge in [0.2, 0.25) is 5.13 Å². The minimum Gasteiger partial charge on any atom is -0.344 e. The van der Waals surface area contributed by atoms with Crippen molar-refractivity contribution in [3.8, 4) is 6.07 Å². The standard InChI is InChI=1S/C13H21N5S/c1-4-5-11-15-12(19-16-11)17-6-8-18(9-7-17)13(2,3)10-14/h4-9H2,1-3H3. The minimum absolute atomic E-state index is 0.374. The van der Waals surface area contributed by atoms with E-state index < -0.39 is 0 Å². The number of aromatic nitrogens is 2. The molecule has 1 saturated heterocycles. The minimum atomic E-state index is -0.374. The maximum atomic E-state index is 9.17. The molecule has 0 saturated carbocycles. The second kappa shape index (κ2) is 5.85. The first-order chi connectivity index (χ1) is 9.06. The van der Waals surface area contributed by atoms with Crippen molar-refractivity contribution in [1.82, 2.24) is 14.3 Å². The third-order valence-corrected chi connectivity index (χ3v) is 4.36. The van der Waals surface area contributed by atoms with Gasteiger partial charge in [-0.05, 0) is 20.3 Å². The highest BCUT2D eigenvalue weighted by Gasteiger charge is 2.30. The zero-order valence-electron chi connectivity index (χ0n) is 11.9. The van der Waals surface area contributed by atoms with Crippen molar-refractivity contribution in [2.45, 2.75) is 39.2 Å². The maximum Gasteiger partial charge on any atom is 0.205 e. The summed E-state index contributed by atoms with van der Waals surface area (Å²) in [5.74, 6) is 0.960. The number of anilines is 1. The van der Waals surface area contributed by atoms with Gasteiger partial charge in [0, 0.05) is 44.1 Å². The van der Waals surface area contributed by atoms with E-state index in [1.54, 1.807) is 0 Å². The highest BCUT2D eigenvalue weighted by molar-refractivity contribution is 7.09. The Bertz CT molecular complexity index is 454. The van der Waals surface area contributed by atoms with Gasteiger partial charge >= 0.3 is 0 Å². The second-order valence-electron chi connectivity index (χ2n) is 5.39. The number of hydrogen-bond donors (Lipinski definition) is 0. The maximum absolute atomic E-state index is 9.17. The SMILES string of the molecule is CCCc1nsc(N2CCN(C(C)(C)C#N)CC2)n1. The summed E-state index contributed by atoms with van der Waals surface area (Å²) in [7, 11) is 0. The van der Waals surface area contributed by atoms with E-state index in [1.165, 1.54) is 11.5 Å². The van der Waals surface area contributed by atoms with Gasteiger partial charge in [-0.1, -0.05) is 6.92 Å². The van der Waals surface area contributed by atoms with Crippen LogP contribution < -0.4 is 4.90 Å². The molecule has 0 aromatic carbocycles. The van der Waals surface area contributed by atoms with E-state index in [4.69, 9.17) is 5.26 Å². The van der Waals surface area contributed by atoms with Crippen LogP contribution in [-0.4, -0.2) is 46.0 Å². The molecule has 0 radical (unpaired) electrons. The Balaban J connectivity index is 1.94. The summed E-state index contributed by atoms with van der Waals surface area (Å²) in [6, 6.07) is 2.37. The molecule has 0 aliphatic carbocycles. The summed E-state index contributed by atoms with van der Waals surface area (Å²) in [6.45, 7) is 9.76. The molecule has 1 aliphatic rings. The molecule has 1 aromatic rings. The molecule has 0 spiro atoms. The van der Waals surface area contributed by atoms with E-state index in [0.717, 1.165) is 50.0 Å². The lowest BCUT2D eigenvalue weighted by Gasteiger charge is -2.40. The van der Waals surface area contributed by atoms with Crippen LogP contribution in [0.3, 0.4) is 0 Å². The van der Waals surface area contributed by atoms with E-state index in [-0.39, 0.29) is 5.54 Å². The van der Waals surface area contributed by atoms with Gasteiger partial charge in [0.1, 0.15) is 11.4 Å². The fraction of sp³-hybridized carbons (Fsp3) is 0.769. The zero-order chi connectivity index (χ0) is 13.9. The number of nitriles is 1. The zero-order valence-corrected chi connectivity index (χ0v) is 12.7. The van der Waals surface area contributed by atoms with Gasteiger partial charge in [0.05, 0.1) is 6.07 Å². The smallest absolute Gasteiger partial charge is 0.205 e. The van der Waals surface area contributed by atoms with Gasteiger partial charge in [-0.25, -0.2) is 4.98 Å².